The molecule has 1 atom stereocenters. The van der Waals surface area contributed by atoms with Crippen molar-refractivity contribution in [2.45, 2.75) is 64.7 Å². The van der Waals surface area contributed by atoms with Crippen LogP contribution in [0.4, 0.5) is 0 Å². The second-order valence-corrected chi connectivity index (χ2v) is 22.8. The van der Waals surface area contributed by atoms with Gasteiger partial charge in [-0.3, -0.25) is 4.57 Å². The average Bonchev–Trinajstić information content (AvgIpc) is 4.23. The highest BCUT2D eigenvalue weighted by molar-refractivity contribution is 6.23. The van der Waals surface area contributed by atoms with Crippen molar-refractivity contribution in [1.82, 2.24) is 24.1 Å². The SMILES string of the molecule is CC1(C)c2cccc(-c3ccc(-c4ccc(-n5c6ccccc6c6ccc7c8ccccc8n(-c8nc(C9=CCC(c%10ccccc%10)C=C9)nc(-c9ccc(-c%10ccccc%10)cc9)n8)c7c65)cc4)cc3)c2C(C)(C)C1(C)C. The maximum atomic E-state index is 5.47. The van der Waals surface area contributed by atoms with E-state index in [0.717, 1.165) is 67.0 Å². The number of rotatable bonds is 8. The van der Waals surface area contributed by atoms with E-state index in [4.69, 9.17) is 15.0 Å². The maximum absolute atomic E-state index is 5.47. The molecule has 0 fully saturated rings. The van der Waals surface area contributed by atoms with Gasteiger partial charge in [-0.05, 0) is 97.0 Å². The summed E-state index contributed by atoms with van der Waals surface area (Å²) in [6.45, 7) is 14.6. The lowest BCUT2D eigenvalue weighted by Crippen LogP contribution is -2.42. The third kappa shape index (κ3) is 7.24. The number of fused-ring (bicyclic) bond motifs is 8. The van der Waals surface area contributed by atoms with Crippen LogP contribution >= 0.6 is 0 Å². The van der Waals surface area contributed by atoms with Gasteiger partial charge in [-0.25, -0.2) is 4.98 Å². The van der Waals surface area contributed by atoms with Crippen molar-refractivity contribution < 1.29 is 0 Å². The van der Waals surface area contributed by atoms with Gasteiger partial charge in [0.25, 0.3) is 0 Å². The molecular formula is C72H59N5. The second kappa shape index (κ2) is 17.6. The molecule has 5 nitrogen and oxygen atoms in total. The molecule has 0 spiro atoms. The number of para-hydroxylation sites is 2. The van der Waals surface area contributed by atoms with Gasteiger partial charge >= 0.3 is 0 Å². The second-order valence-electron chi connectivity index (χ2n) is 22.8. The van der Waals surface area contributed by atoms with Crippen LogP contribution in [0, 0.1) is 5.41 Å². The summed E-state index contributed by atoms with van der Waals surface area (Å²) >= 11 is 0. The van der Waals surface area contributed by atoms with E-state index < -0.39 is 0 Å². The largest absolute Gasteiger partial charge is 0.307 e. The van der Waals surface area contributed by atoms with E-state index in [2.05, 4.69) is 281 Å². The quantitative estimate of drug-likeness (QED) is 0.152. The molecule has 5 heteroatoms. The molecule has 372 valence electrons. The van der Waals surface area contributed by atoms with Crippen LogP contribution in [0.1, 0.15) is 76.4 Å². The Kier molecular flexibility index (Phi) is 10.6. The normalized spacial score (nSPS) is 16.3. The van der Waals surface area contributed by atoms with Crippen LogP contribution in [-0.2, 0) is 10.8 Å². The number of benzene rings is 9. The zero-order valence-electron chi connectivity index (χ0n) is 44.5. The van der Waals surface area contributed by atoms with Crippen LogP contribution in [0.25, 0.3) is 106 Å². The van der Waals surface area contributed by atoms with E-state index in [1.54, 1.807) is 0 Å². The van der Waals surface area contributed by atoms with Gasteiger partial charge in [0.1, 0.15) is 0 Å². The molecule has 0 saturated heterocycles. The summed E-state index contributed by atoms with van der Waals surface area (Å²) in [6.07, 6.45) is 7.62. The molecule has 9 aromatic carbocycles. The number of allylic oxidation sites excluding steroid dienone is 4. The summed E-state index contributed by atoms with van der Waals surface area (Å²) in [4.78, 5) is 16.2. The van der Waals surface area contributed by atoms with Gasteiger partial charge in [-0.1, -0.05) is 248 Å². The van der Waals surface area contributed by atoms with Crippen LogP contribution in [0.15, 0.2) is 231 Å². The lowest BCUT2D eigenvalue weighted by molar-refractivity contribution is 0.125. The average molecular weight is 994 g/mol. The third-order valence-corrected chi connectivity index (χ3v) is 18.3. The summed E-state index contributed by atoms with van der Waals surface area (Å²) in [6, 6.07) is 77.1. The Hall–Kier alpha value is -8.93. The minimum atomic E-state index is 0.00846. The van der Waals surface area contributed by atoms with Crippen molar-refractivity contribution in [3.05, 3.63) is 253 Å². The fourth-order valence-electron chi connectivity index (χ4n) is 12.9. The molecule has 0 radical (unpaired) electrons. The predicted octanol–water partition coefficient (Wildman–Crippen LogP) is 18.5. The molecule has 0 bridgehead atoms. The van der Waals surface area contributed by atoms with Crippen LogP contribution in [0.2, 0.25) is 0 Å². The molecular weight excluding hydrogens is 935 g/mol. The Morgan fingerprint density at radius 3 is 1.56 bits per heavy atom. The van der Waals surface area contributed by atoms with Gasteiger partial charge < -0.3 is 4.57 Å². The highest BCUT2D eigenvalue weighted by Gasteiger charge is 2.57. The van der Waals surface area contributed by atoms with Crippen molar-refractivity contribution in [3.63, 3.8) is 0 Å². The summed E-state index contributed by atoms with van der Waals surface area (Å²) in [5, 5.41) is 4.61. The maximum Gasteiger partial charge on any atom is 0.238 e. The number of hydrogen-bond acceptors (Lipinski definition) is 3. The van der Waals surface area contributed by atoms with Gasteiger partial charge in [0.2, 0.25) is 5.95 Å². The van der Waals surface area contributed by atoms with Gasteiger partial charge in [0.05, 0.1) is 22.1 Å². The van der Waals surface area contributed by atoms with Gasteiger partial charge in [0, 0.05) is 44.3 Å². The molecule has 1 unspecified atom stereocenters. The monoisotopic (exact) mass is 993 g/mol. The fraction of sp³-hybridized carbons (Fsp3) is 0.153. The molecule has 0 saturated carbocycles. The van der Waals surface area contributed by atoms with E-state index in [9.17, 15) is 0 Å². The van der Waals surface area contributed by atoms with E-state index in [-0.39, 0.29) is 22.2 Å². The molecule has 0 N–H and O–H groups in total. The van der Waals surface area contributed by atoms with Crippen molar-refractivity contribution in [2.75, 3.05) is 0 Å². The van der Waals surface area contributed by atoms with Crippen molar-refractivity contribution in [1.29, 1.82) is 0 Å². The van der Waals surface area contributed by atoms with E-state index in [1.165, 1.54) is 49.9 Å². The highest BCUT2D eigenvalue weighted by atomic mass is 15.2. The zero-order valence-corrected chi connectivity index (χ0v) is 44.5. The molecule has 2 aliphatic carbocycles. The van der Waals surface area contributed by atoms with Crippen molar-refractivity contribution >= 4 is 49.2 Å². The van der Waals surface area contributed by atoms with Crippen LogP contribution in [-0.4, -0.2) is 24.1 Å². The first kappa shape index (κ1) is 46.6. The first-order chi connectivity index (χ1) is 37.5. The number of aromatic nitrogens is 5. The first-order valence-corrected chi connectivity index (χ1v) is 27.1. The Bertz CT molecular complexity index is 4340. The van der Waals surface area contributed by atoms with Crippen LogP contribution in [0.3, 0.4) is 0 Å². The number of hydrogen-bond donors (Lipinski definition) is 0. The first-order valence-electron chi connectivity index (χ1n) is 27.1. The summed E-state index contributed by atoms with van der Waals surface area (Å²) < 4.78 is 4.73. The standard InChI is InChI=1S/C72H59N5/c1-70(2)61-25-17-24-56(64(61)71(3,4)72(70,5)6)52-34-28-50(29-35-52)51-40-42-55(43-41-51)76-62-26-15-13-22-57(62)59-44-45-60-58-23-14-16-27-63(58)77(66(60)65(59)76)69-74-67(53-36-30-48(31-37-53)46-18-9-7-10-19-46)73-68(75-69)54-38-32-49(33-39-54)47-20-11-8-12-21-47/h7-32,34-45,49H,33H2,1-6H3. The summed E-state index contributed by atoms with van der Waals surface area (Å²) in [5.41, 5.74) is 18.9. The Morgan fingerprint density at radius 1 is 0.416 bits per heavy atom. The van der Waals surface area contributed by atoms with E-state index >= 15 is 0 Å². The molecule has 14 rings (SSSR count). The molecule has 3 heterocycles. The topological polar surface area (TPSA) is 48.5 Å². The lowest BCUT2D eigenvalue weighted by atomic mass is 9.59. The molecule has 3 aromatic heterocycles. The Morgan fingerprint density at radius 2 is 0.935 bits per heavy atom. The zero-order chi connectivity index (χ0) is 52.2. The van der Waals surface area contributed by atoms with Crippen LogP contribution < -0.4 is 0 Å². The van der Waals surface area contributed by atoms with Crippen molar-refractivity contribution in [3.8, 4) is 56.4 Å². The van der Waals surface area contributed by atoms with Gasteiger partial charge in [0.15, 0.2) is 11.6 Å². The predicted molar refractivity (Wildman–Crippen MR) is 321 cm³/mol. The Labute approximate surface area is 450 Å². The summed E-state index contributed by atoms with van der Waals surface area (Å²) in [7, 11) is 0. The summed E-state index contributed by atoms with van der Waals surface area (Å²) in [5.74, 6) is 2.12. The Balaban J connectivity index is 0.916. The molecule has 12 aromatic rings. The smallest absolute Gasteiger partial charge is 0.238 e. The molecule has 0 aliphatic heterocycles. The fourth-order valence-corrected chi connectivity index (χ4v) is 12.9. The molecule has 2 aliphatic rings. The van der Waals surface area contributed by atoms with E-state index in [1.807, 2.05) is 0 Å². The third-order valence-electron chi connectivity index (χ3n) is 18.3. The van der Waals surface area contributed by atoms with Gasteiger partial charge in [-0.15, -0.1) is 0 Å². The minimum absolute atomic E-state index is 0.00846. The number of nitrogens with zero attached hydrogens (tertiary/aromatic N) is 5. The highest BCUT2D eigenvalue weighted by Crippen LogP contribution is 2.63. The molecule has 0 amide bonds. The van der Waals surface area contributed by atoms with Crippen LogP contribution in [0.5, 0.6) is 0 Å². The van der Waals surface area contributed by atoms with Gasteiger partial charge in [-0.2, -0.15) is 9.97 Å². The van der Waals surface area contributed by atoms with E-state index in [0.29, 0.717) is 17.6 Å². The van der Waals surface area contributed by atoms with Crippen molar-refractivity contribution in [2.24, 2.45) is 5.41 Å². The lowest BCUT2D eigenvalue weighted by Gasteiger charge is -2.44. The molecule has 77 heavy (non-hydrogen) atoms. The minimum Gasteiger partial charge on any atom is -0.307 e.